The molecule has 2 nitrogen and oxygen atoms in total. The first-order chi connectivity index (χ1) is 9.22. The van der Waals surface area contributed by atoms with Crippen LogP contribution in [0.3, 0.4) is 0 Å². The van der Waals surface area contributed by atoms with Crippen LogP contribution in [0.2, 0.25) is 10.0 Å². The van der Waals surface area contributed by atoms with E-state index in [1.54, 1.807) is 0 Å². The predicted molar refractivity (Wildman–Crippen MR) is 82.9 cm³/mol. The van der Waals surface area contributed by atoms with E-state index in [-0.39, 0.29) is 6.04 Å². The molecular formula is C15H22Cl2N2. The van der Waals surface area contributed by atoms with Crippen LogP contribution in [-0.4, -0.2) is 24.5 Å². The molecule has 0 spiro atoms. The molecule has 1 saturated heterocycles. The lowest BCUT2D eigenvalue weighted by Crippen LogP contribution is -2.36. The van der Waals surface area contributed by atoms with E-state index < -0.39 is 0 Å². The van der Waals surface area contributed by atoms with Crippen molar-refractivity contribution < 1.29 is 0 Å². The Morgan fingerprint density at radius 3 is 2.32 bits per heavy atom. The van der Waals surface area contributed by atoms with Gasteiger partial charge >= 0.3 is 0 Å². The third kappa shape index (κ3) is 4.09. The van der Waals surface area contributed by atoms with Gasteiger partial charge in [-0.3, -0.25) is 4.90 Å². The highest BCUT2D eigenvalue weighted by molar-refractivity contribution is 6.33. The molecule has 0 bridgehead atoms. The Kier molecular flexibility index (Phi) is 5.96. The number of likely N-dealkylation sites (tertiary alicyclic amines) is 1. The van der Waals surface area contributed by atoms with E-state index in [4.69, 9.17) is 28.9 Å². The fourth-order valence-electron chi connectivity index (χ4n) is 2.83. The van der Waals surface area contributed by atoms with Crippen molar-refractivity contribution in [3.63, 3.8) is 0 Å². The number of hydrogen-bond acceptors (Lipinski definition) is 2. The second-order valence-electron chi connectivity index (χ2n) is 5.22. The van der Waals surface area contributed by atoms with Crippen molar-refractivity contribution in [1.29, 1.82) is 0 Å². The van der Waals surface area contributed by atoms with E-state index in [1.165, 1.54) is 32.1 Å². The summed E-state index contributed by atoms with van der Waals surface area (Å²) in [6.07, 6.45) is 6.48. The molecule has 0 radical (unpaired) electrons. The Balaban J connectivity index is 2.19. The quantitative estimate of drug-likeness (QED) is 0.904. The molecule has 2 rings (SSSR count). The number of hydrogen-bond donors (Lipinski definition) is 1. The van der Waals surface area contributed by atoms with Gasteiger partial charge in [0.05, 0.1) is 0 Å². The van der Waals surface area contributed by atoms with Crippen molar-refractivity contribution in [2.75, 3.05) is 19.6 Å². The first-order valence-electron chi connectivity index (χ1n) is 7.11. The number of nitrogens with zero attached hydrogens (tertiary/aromatic N) is 1. The molecule has 2 N–H and O–H groups in total. The summed E-state index contributed by atoms with van der Waals surface area (Å²) in [5, 5.41) is 1.49. The minimum absolute atomic E-state index is 0.185. The van der Waals surface area contributed by atoms with Gasteiger partial charge in [0.25, 0.3) is 0 Å². The van der Waals surface area contributed by atoms with Crippen LogP contribution in [0.15, 0.2) is 18.2 Å². The average Bonchev–Trinajstić information content (AvgIpc) is 2.36. The number of rotatable bonds is 3. The minimum Gasteiger partial charge on any atom is -0.329 e. The van der Waals surface area contributed by atoms with Gasteiger partial charge in [-0.1, -0.05) is 42.5 Å². The van der Waals surface area contributed by atoms with Crippen LogP contribution in [0.1, 0.15) is 43.7 Å². The molecule has 0 aromatic heterocycles. The highest BCUT2D eigenvalue weighted by atomic mass is 35.5. The normalized spacial score (nSPS) is 19.7. The molecular weight excluding hydrogens is 279 g/mol. The van der Waals surface area contributed by atoms with E-state index in [9.17, 15) is 0 Å². The van der Waals surface area contributed by atoms with Crippen LogP contribution in [0.4, 0.5) is 0 Å². The van der Waals surface area contributed by atoms with Crippen molar-refractivity contribution in [1.82, 2.24) is 4.90 Å². The lowest BCUT2D eigenvalue weighted by molar-refractivity contribution is 0.184. The van der Waals surface area contributed by atoms with E-state index in [2.05, 4.69) is 4.90 Å². The van der Waals surface area contributed by atoms with Crippen molar-refractivity contribution in [3.8, 4) is 0 Å². The SMILES string of the molecule is NCC(c1cc(Cl)ccc1Cl)N1CCCCCCC1. The minimum atomic E-state index is 0.185. The second-order valence-corrected chi connectivity index (χ2v) is 6.06. The molecule has 1 heterocycles. The first kappa shape index (κ1) is 15.1. The van der Waals surface area contributed by atoms with Gasteiger partial charge in [0.15, 0.2) is 0 Å². The monoisotopic (exact) mass is 300 g/mol. The number of benzene rings is 1. The molecule has 1 aliphatic rings. The third-order valence-electron chi connectivity index (χ3n) is 3.87. The van der Waals surface area contributed by atoms with Gasteiger partial charge in [0.1, 0.15) is 0 Å². The predicted octanol–water partition coefficient (Wildman–Crippen LogP) is 4.26. The van der Waals surface area contributed by atoms with Crippen LogP contribution in [0.5, 0.6) is 0 Å². The summed E-state index contributed by atoms with van der Waals surface area (Å²) in [6.45, 7) is 2.79. The van der Waals surface area contributed by atoms with Gasteiger partial charge in [-0.15, -0.1) is 0 Å². The maximum absolute atomic E-state index is 6.32. The molecule has 19 heavy (non-hydrogen) atoms. The van der Waals surface area contributed by atoms with Crippen LogP contribution in [0.25, 0.3) is 0 Å². The lowest BCUT2D eigenvalue weighted by Gasteiger charge is -2.33. The molecule has 1 fully saturated rings. The van der Waals surface area contributed by atoms with Crippen molar-refractivity contribution >= 4 is 23.2 Å². The molecule has 1 atom stereocenters. The second kappa shape index (κ2) is 7.49. The molecule has 1 aromatic rings. The van der Waals surface area contributed by atoms with E-state index in [1.807, 2.05) is 18.2 Å². The van der Waals surface area contributed by atoms with E-state index in [0.29, 0.717) is 6.54 Å². The van der Waals surface area contributed by atoms with Crippen molar-refractivity contribution in [3.05, 3.63) is 33.8 Å². The average molecular weight is 301 g/mol. The molecule has 0 saturated carbocycles. The maximum atomic E-state index is 6.32. The summed E-state index contributed by atoms with van der Waals surface area (Å²) >= 11 is 12.4. The fourth-order valence-corrected chi connectivity index (χ4v) is 3.25. The number of nitrogens with two attached hydrogens (primary N) is 1. The van der Waals surface area contributed by atoms with Crippen molar-refractivity contribution in [2.24, 2.45) is 5.73 Å². The van der Waals surface area contributed by atoms with Crippen LogP contribution >= 0.6 is 23.2 Å². The summed E-state index contributed by atoms with van der Waals surface area (Å²) in [7, 11) is 0. The van der Waals surface area contributed by atoms with Crippen molar-refractivity contribution in [2.45, 2.75) is 38.1 Å². The Hall–Kier alpha value is -0.280. The summed E-state index contributed by atoms with van der Waals surface area (Å²) in [5.41, 5.74) is 7.07. The van der Waals surface area contributed by atoms with E-state index in [0.717, 1.165) is 28.7 Å². The Morgan fingerprint density at radius 1 is 1.05 bits per heavy atom. The van der Waals surface area contributed by atoms with Gasteiger partial charge in [0, 0.05) is 22.6 Å². The molecule has 106 valence electrons. The zero-order valence-electron chi connectivity index (χ0n) is 11.2. The van der Waals surface area contributed by atoms with Gasteiger partial charge in [-0.05, 0) is 49.7 Å². The third-order valence-corrected chi connectivity index (χ3v) is 4.45. The van der Waals surface area contributed by atoms with Crippen LogP contribution in [0, 0.1) is 0 Å². The molecule has 0 aliphatic carbocycles. The largest absolute Gasteiger partial charge is 0.329 e. The standard InChI is InChI=1S/C15H22Cl2N2/c16-12-6-7-14(17)13(10-12)15(11-18)19-8-4-2-1-3-5-9-19/h6-7,10,15H,1-5,8-9,11,18H2. The van der Waals surface area contributed by atoms with Crippen LogP contribution < -0.4 is 5.73 Å². The maximum Gasteiger partial charge on any atom is 0.0485 e. The van der Waals surface area contributed by atoms with Gasteiger partial charge in [-0.25, -0.2) is 0 Å². The Morgan fingerprint density at radius 2 is 1.68 bits per heavy atom. The lowest BCUT2D eigenvalue weighted by atomic mass is 10.0. The zero-order chi connectivity index (χ0) is 13.7. The Labute approximate surface area is 125 Å². The zero-order valence-corrected chi connectivity index (χ0v) is 12.8. The summed E-state index contributed by atoms with van der Waals surface area (Å²) in [6, 6.07) is 5.84. The topological polar surface area (TPSA) is 29.3 Å². The van der Waals surface area contributed by atoms with Crippen LogP contribution in [-0.2, 0) is 0 Å². The van der Waals surface area contributed by atoms with Gasteiger partial charge < -0.3 is 5.73 Å². The Bertz CT molecular complexity index is 401. The molecule has 1 unspecified atom stereocenters. The molecule has 1 aliphatic heterocycles. The first-order valence-corrected chi connectivity index (χ1v) is 7.87. The molecule has 1 aromatic carbocycles. The smallest absolute Gasteiger partial charge is 0.0485 e. The highest BCUT2D eigenvalue weighted by Gasteiger charge is 2.21. The molecule has 4 heteroatoms. The van der Waals surface area contributed by atoms with Gasteiger partial charge in [-0.2, -0.15) is 0 Å². The van der Waals surface area contributed by atoms with E-state index >= 15 is 0 Å². The summed E-state index contributed by atoms with van der Waals surface area (Å²) in [4.78, 5) is 2.47. The number of halogens is 2. The summed E-state index contributed by atoms with van der Waals surface area (Å²) < 4.78 is 0. The summed E-state index contributed by atoms with van der Waals surface area (Å²) in [5.74, 6) is 0. The fraction of sp³-hybridized carbons (Fsp3) is 0.600. The highest BCUT2D eigenvalue weighted by Crippen LogP contribution is 2.30. The molecule has 0 amide bonds. The van der Waals surface area contributed by atoms with Gasteiger partial charge in [0.2, 0.25) is 0 Å².